The first-order valence-electron chi connectivity index (χ1n) is 6.37. The van der Waals surface area contributed by atoms with Gasteiger partial charge in [-0.2, -0.15) is 0 Å². The number of ketones is 1. The van der Waals surface area contributed by atoms with Crippen LogP contribution in [0.15, 0.2) is 18.2 Å². The number of anilines is 1. The van der Waals surface area contributed by atoms with E-state index < -0.39 is 0 Å². The molecule has 0 aliphatic carbocycles. The second-order valence-electron chi connectivity index (χ2n) is 5.23. The average molecular weight is 231 g/mol. The van der Waals surface area contributed by atoms with Gasteiger partial charge in [0, 0.05) is 30.6 Å². The third-order valence-electron chi connectivity index (χ3n) is 4.00. The Morgan fingerprint density at radius 1 is 1.24 bits per heavy atom. The predicted molar refractivity (Wildman–Crippen MR) is 71.5 cm³/mol. The molecule has 1 aliphatic heterocycles. The Hall–Kier alpha value is -1.31. The third kappa shape index (κ3) is 2.21. The zero-order valence-electron chi connectivity index (χ0n) is 11.2. The van der Waals surface area contributed by atoms with Crippen LogP contribution in [0.1, 0.15) is 31.4 Å². The van der Waals surface area contributed by atoms with E-state index in [0.29, 0.717) is 18.2 Å². The highest BCUT2D eigenvalue weighted by atomic mass is 16.1. The van der Waals surface area contributed by atoms with Gasteiger partial charge >= 0.3 is 0 Å². The van der Waals surface area contributed by atoms with Gasteiger partial charge in [-0.3, -0.25) is 4.79 Å². The molecule has 2 atom stereocenters. The molecule has 2 nitrogen and oxygen atoms in total. The van der Waals surface area contributed by atoms with Crippen LogP contribution >= 0.6 is 0 Å². The smallest absolute Gasteiger partial charge is 0.139 e. The summed E-state index contributed by atoms with van der Waals surface area (Å²) in [7, 11) is 0. The maximum Gasteiger partial charge on any atom is 0.139 e. The molecule has 2 unspecified atom stereocenters. The van der Waals surface area contributed by atoms with Crippen LogP contribution in [0.3, 0.4) is 0 Å². The van der Waals surface area contributed by atoms with Crippen LogP contribution in [0.25, 0.3) is 0 Å². The summed E-state index contributed by atoms with van der Waals surface area (Å²) in [4.78, 5) is 14.1. The summed E-state index contributed by atoms with van der Waals surface area (Å²) in [6.07, 6.45) is 0.679. The van der Waals surface area contributed by atoms with E-state index in [4.69, 9.17) is 0 Å². The summed E-state index contributed by atoms with van der Waals surface area (Å²) in [5, 5.41) is 0. The fourth-order valence-electron chi connectivity index (χ4n) is 2.57. The van der Waals surface area contributed by atoms with Gasteiger partial charge in [0.25, 0.3) is 0 Å². The van der Waals surface area contributed by atoms with Gasteiger partial charge in [-0.25, -0.2) is 0 Å². The van der Waals surface area contributed by atoms with Gasteiger partial charge < -0.3 is 4.90 Å². The van der Waals surface area contributed by atoms with E-state index in [9.17, 15) is 4.79 Å². The molecule has 0 aromatic heterocycles. The second-order valence-corrected chi connectivity index (χ2v) is 5.23. The Kier molecular flexibility index (Phi) is 3.23. The van der Waals surface area contributed by atoms with E-state index in [0.717, 1.165) is 6.54 Å². The zero-order valence-corrected chi connectivity index (χ0v) is 11.2. The minimum Gasteiger partial charge on any atom is -0.367 e. The van der Waals surface area contributed by atoms with E-state index in [1.165, 1.54) is 16.8 Å². The molecule has 17 heavy (non-hydrogen) atoms. The molecule has 2 heteroatoms. The van der Waals surface area contributed by atoms with E-state index >= 15 is 0 Å². The molecular formula is C15H21NO. The van der Waals surface area contributed by atoms with Gasteiger partial charge in [-0.1, -0.05) is 19.1 Å². The summed E-state index contributed by atoms with van der Waals surface area (Å²) in [5.41, 5.74) is 3.86. The fourth-order valence-corrected chi connectivity index (χ4v) is 2.57. The first-order valence-corrected chi connectivity index (χ1v) is 6.37. The van der Waals surface area contributed by atoms with Crippen LogP contribution in [0, 0.1) is 19.8 Å². The first-order chi connectivity index (χ1) is 8.00. The molecule has 1 heterocycles. The van der Waals surface area contributed by atoms with Crippen molar-refractivity contribution in [2.24, 2.45) is 5.92 Å². The van der Waals surface area contributed by atoms with E-state index in [-0.39, 0.29) is 5.92 Å². The SMILES string of the molecule is Cc1ccc(C)c(N2CCC(=O)C(C)C2C)c1. The molecule has 1 aromatic rings. The predicted octanol–water partition coefficient (Wildman–Crippen LogP) is 3.11. The van der Waals surface area contributed by atoms with Crippen LogP contribution in [-0.4, -0.2) is 18.4 Å². The monoisotopic (exact) mass is 231 g/mol. The lowest BCUT2D eigenvalue weighted by molar-refractivity contribution is -0.123. The highest BCUT2D eigenvalue weighted by Crippen LogP contribution is 2.29. The molecule has 92 valence electrons. The normalized spacial score (nSPS) is 25.2. The number of hydrogen-bond donors (Lipinski definition) is 0. The molecule has 0 spiro atoms. The number of piperidine rings is 1. The number of nitrogens with zero attached hydrogens (tertiary/aromatic N) is 1. The molecular weight excluding hydrogens is 210 g/mol. The minimum atomic E-state index is 0.142. The fraction of sp³-hybridized carbons (Fsp3) is 0.533. The highest BCUT2D eigenvalue weighted by molar-refractivity contribution is 5.84. The number of carbonyl (C=O) groups is 1. The molecule has 1 aromatic carbocycles. The van der Waals surface area contributed by atoms with Crippen LogP contribution in [-0.2, 0) is 4.79 Å². The summed E-state index contributed by atoms with van der Waals surface area (Å²) < 4.78 is 0. The summed E-state index contributed by atoms with van der Waals surface area (Å²) >= 11 is 0. The molecule has 1 fully saturated rings. The lowest BCUT2D eigenvalue weighted by Crippen LogP contribution is -2.47. The topological polar surface area (TPSA) is 20.3 Å². The van der Waals surface area contributed by atoms with Crippen molar-refractivity contribution in [3.63, 3.8) is 0 Å². The van der Waals surface area contributed by atoms with Gasteiger partial charge in [-0.05, 0) is 38.0 Å². The number of Topliss-reactive ketones (excluding diaryl/α,β-unsaturated/α-hetero) is 1. The second kappa shape index (κ2) is 4.52. The van der Waals surface area contributed by atoms with Gasteiger partial charge in [0.15, 0.2) is 0 Å². The molecule has 1 aliphatic rings. The lowest BCUT2D eigenvalue weighted by Gasteiger charge is -2.39. The summed E-state index contributed by atoms with van der Waals surface area (Å²) in [6.45, 7) is 9.32. The molecule has 0 radical (unpaired) electrons. The van der Waals surface area contributed by atoms with Gasteiger partial charge in [0.1, 0.15) is 5.78 Å². The number of hydrogen-bond acceptors (Lipinski definition) is 2. The van der Waals surface area contributed by atoms with Crippen molar-refractivity contribution in [1.82, 2.24) is 0 Å². The highest BCUT2D eigenvalue weighted by Gasteiger charge is 2.31. The quantitative estimate of drug-likeness (QED) is 0.740. The van der Waals surface area contributed by atoms with Gasteiger partial charge in [-0.15, -0.1) is 0 Å². The maximum absolute atomic E-state index is 11.7. The van der Waals surface area contributed by atoms with Crippen LogP contribution < -0.4 is 4.90 Å². The Bertz CT molecular complexity index is 439. The average Bonchev–Trinajstić information content (AvgIpc) is 2.30. The standard InChI is InChI=1S/C15H21NO/c1-10-5-6-11(2)14(9-10)16-8-7-15(17)12(3)13(16)4/h5-6,9,12-13H,7-8H2,1-4H3. The Balaban J connectivity index is 2.33. The van der Waals surface area contributed by atoms with Crippen molar-refractivity contribution < 1.29 is 4.79 Å². The number of aryl methyl sites for hydroxylation is 2. The Labute approximate surface area is 104 Å². The number of carbonyl (C=O) groups excluding carboxylic acids is 1. The number of benzene rings is 1. The molecule has 0 bridgehead atoms. The van der Waals surface area contributed by atoms with Crippen molar-refractivity contribution in [3.05, 3.63) is 29.3 Å². The number of rotatable bonds is 1. The molecule has 0 N–H and O–H groups in total. The van der Waals surface area contributed by atoms with Crippen LogP contribution in [0.4, 0.5) is 5.69 Å². The van der Waals surface area contributed by atoms with Crippen LogP contribution in [0.5, 0.6) is 0 Å². The molecule has 0 saturated carbocycles. The van der Waals surface area contributed by atoms with E-state index in [1.54, 1.807) is 0 Å². The van der Waals surface area contributed by atoms with E-state index in [2.05, 4.69) is 43.9 Å². The molecule has 2 rings (SSSR count). The van der Waals surface area contributed by atoms with Crippen molar-refractivity contribution in [1.29, 1.82) is 0 Å². The zero-order chi connectivity index (χ0) is 12.6. The minimum absolute atomic E-state index is 0.142. The largest absolute Gasteiger partial charge is 0.367 e. The molecule has 1 saturated heterocycles. The summed E-state index contributed by atoms with van der Waals surface area (Å²) in [6, 6.07) is 6.84. The van der Waals surface area contributed by atoms with Crippen molar-refractivity contribution >= 4 is 11.5 Å². The first kappa shape index (κ1) is 12.2. The lowest BCUT2D eigenvalue weighted by atomic mass is 9.89. The van der Waals surface area contributed by atoms with Crippen molar-refractivity contribution in [2.45, 2.75) is 40.2 Å². The van der Waals surface area contributed by atoms with Gasteiger partial charge in [0.05, 0.1) is 0 Å². The molecule has 0 amide bonds. The van der Waals surface area contributed by atoms with Crippen LogP contribution in [0.2, 0.25) is 0 Å². The van der Waals surface area contributed by atoms with E-state index in [1.807, 2.05) is 6.92 Å². The van der Waals surface area contributed by atoms with Crippen molar-refractivity contribution in [3.8, 4) is 0 Å². The Morgan fingerprint density at radius 3 is 2.65 bits per heavy atom. The maximum atomic E-state index is 11.7. The van der Waals surface area contributed by atoms with Crippen molar-refractivity contribution in [2.75, 3.05) is 11.4 Å². The Morgan fingerprint density at radius 2 is 1.94 bits per heavy atom. The summed E-state index contributed by atoms with van der Waals surface area (Å²) in [5.74, 6) is 0.544. The third-order valence-corrected chi connectivity index (χ3v) is 4.00. The van der Waals surface area contributed by atoms with Gasteiger partial charge in [0.2, 0.25) is 0 Å².